The fourth-order valence-corrected chi connectivity index (χ4v) is 3.83. The summed E-state index contributed by atoms with van der Waals surface area (Å²) in [6.07, 6.45) is 0. The zero-order valence-electron chi connectivity index (χ0n) is 9.52. The van der Waals surface area contributed by atoms with Gasteiger partial charge in [0.05, 0.1) is 0 Å². The van der Waals surface area contributed by atoms with Crippen molar-refractivity contribution < 1.29 is 0 Å². The molecule has 1 unspecified atom stereocenters. The van der Waals surface area contributed by atoms with Crippen molar-refractivity contribution in [2.45, 2.75) is 17.9 Å². The number of hydrogen-bond donors (Lipinski definition) is 1. The molecule has 0 amide bonds. The van der Waals surface area contributed by atoms with Crippen LogP contribution in [0.15, 0.2) is 45.1 Å². The fraction of sp³-hybridized carbons (Fsp3) is 0.231. The van der Waals surface area contributed by atoms with E-state index in [1.807, 2.05) is 12.1 Å². The first-order valence-electron chi connectivity index (χ1n) is 5.35. The molecule has 90 valence electrons. The first kappa shape index (κ1) is 13.1. The topological polar surface area (TPSA) is 26.0 Å². The summed E-state index contributed by atoms with van der Waals surface area (Å²) in [4.78, 5) is 2.57. The number of benzene rings is 1. The van der Waals surface area contributed by atoms with Gasteiger partial charge in [-0.25, -0.2) is 0 Å². The van der Waals surface area contributed by atoms with E-state index in [0.29, 0.717) is 0 Å². The lowest BCUT2D eigenvalue weighted by atomic mass is 10.2. The first-order chi connectivity index (χ1) is 8.16. The van der Waals surface area contributed by atoms with E-state index in [-0.39, 0.29) is 6.04 Å². The van der Waals surface area contributed by atoms with Crippen molar-refractivity contribution in [2.75, 3.05) is 5.75 Å². The zero-order valence-corrected chi connectivity index (χ0v) is 12.7. The van der Waals surface area contributed by atoms with Crippen LogP contribution in [0.1, 0.15) is 16.5 Å². The van der Waals surface area contributed by atoms with E-state index in [9.17, 15) is 0 Å². The fourth-order valence-electron chi connectivity index (χ4n) is 1.50. The molecular weight excluding hydrogens is 314 g/mol. The Labute approximate surface area is 119 Å². The third-order valence-corrected chi connectivity index (χ3v) is 5.46. The van der Waals surface area contributed by atoms with Crippen LogP contribution < -0.4 is 5.73 Å². The quantitative estimate of drug-likeness (QED) is 0.830. The van der Waals surface area contributed by atoms with Gasteiger partial charge in [-0.15, -0.1) is 23.1 Å². The lowest BCUT2D eigenvalue weighted by Crippen LogP contribution is -2.11. The molecule has 0 aliphatic carbocycles. The molecule has 2 rings (SSSR count). The van der Waals surface area contributed by atoms with Crippen LogP contribution in [0, 0.1) is 6.92 Å². The number of nitrogens with two attached hydrogens (primary N) is 1. The van der Waals surface area contributed by atoms with Gasteiger partial charge >= 0.3 is 0 Å². The molecule has 0 aliphatic heterocycles. The maximum absolute atomic E-state index is 6.18. The normalized spacial score (nSPS) is 12.6. The summed E-state index contributed by atoms with van der Waals surface area (Å²) < 4.78 is 1.14. The molecule has 0 spiro atoms. The van der Waals surface area contributed by atoms with Crippen LogP contribution in [0.4, 0.5) is 0 Å². The summed E-state index contributed by atoms with van der Waals surface area (Å²) in [5.41, 5.74) is 7.42. The molecule has 4 heteroatoms. The van der Waals surface area contributed by atoms with Crippen molar-refractivity contribution in [2.24, 2.45) is 5.73 Å². The van der Waals surface area contributed by atoms with Gasteiger partial charge in [0, 0.05) is 26.0 Å². The summed E-state index contributed by atoms with van der Waals surface area (Å²) in [5.74, 6) is 0.902. The summed E-state index contributed by atoms with van der Waals surface area (Å²) in [6, 6.07) is 10.5. The van der Waals surface area contributed by atoms with Gasteiger partial charge in [-0.2, -0.15) is 0 Å². The largest absolute Gasteiger partial charge is 0.323 e. The van der Waals surface area contributed by atoms with Crippen LogP contribution in [-0.2, 0) is 0 Å². The molecule has 0 bridgehead atoms. The molecule has 0 aliphatic rings. The lowest BCUT2D eigenvalue weighted by molar-refractivity contribution is 0.835. The SMILES string of the molecule is Cc1cc(C(N)CSc2ccccc2Br)cs1. The summed E-state index contributed by atoms with van der Waals surface area (Å²) >= 11 is 7.10. The Balaban J connectivity index is 1.97. The molecule has 0 fully saturated rings. The molecule has 17 heavy (non-hydrogen) atoms. The molecule has 1 aromatic heterocycles. The zero-order chi connectivity index (χ0) is 12.3. The van der Waals surface area contributed by atoms with E-state index in [2.05, 4.69) is 46.4 Å². The van der Waals surface area contributed by atoms with E-state index >= 15 is 0 Å². The van der Waals surface area contributed by atoms with Gasteiger partial charge in [-0.05, 0) is 52.0 Å². The van der Waals surface area contributed by atoms with Crippen LogP contribution in [0.5, 0.6) is 0 Å². The molecule has 1 heterocycles. The highest BCUT2D eigenvalue weighted by atomic mass is 79.9. The van der Waals surface area contributed by atoms with Gasteiger partial charge in [0.2, 0.25) is 0 Å². The van der Waals surface area contributed by atoms with Crippen molar-refractivity contribution in [1.29, 1.82) is 0 Å². The molecule has 1 nitrogen and oxygen atoms in total. The first-order valence-corrected chi connectivity index (χ1v) is 8.00. The summed E-state index contributed by atoms with van der Waals surface area (Å²) in [7, 11) is 0. The van der Waals surface area contributed by atoms with Crippen LogP contribution in [0.3, 0.4) is 0 Å². The maximum atomic E-state index is 6.18. The Kier molecular flexibility index (Phi) is 4.68. The van der Waals surface area contributed by atoms with Gasteiger partial charge in [0.25, 0.3) is 0 Å². The molecule has 1 atom stereocenters. The Hall–Kier alpha value is -0.290. The van der Waals surface area contributed by atoms with Crippen molar-refractivity contribution in [3.05, 3.63) is 50.6 Å². The van der Waals surface area contributed by atoms with Gasteiger partial charge in [0.1, 0.15) is 0 Å². The van der Waals surface area contributed by atoms with E-state index < -0.39 is 0 Å². The van der Waals surface area contributed by atoms with E-state index in [4.69, 9.17) is 5.73 Å². The minimum atomic E-state index is 0.108. The minimum Gasteiger partial charge on any atom is -0.323 e. The number of thioether (sulfide) groups is 1. The van der Waals surface area contributed by atoms with Crippen molar-refractivity contribution in [3.63, 3.8) is 0 Å². The predicted octanol–water partition coefficient (Wildman–Crippen LogP) is 4.61. The third kappa shape index (κ3) is 3.58. The van der Waals surface area contributed by atoms with E-state index in [0.717, 1.165) is 10.2 Å². The number of aryl methyl sites for hydroxylation is 1. The number of thiophene rings is 1. The summed E-state index contributed by atoms with van der Waals surface area (Å²) in [5, 5.41) is 2.15. The highest BCUT2D eigenvalue weighted by Gasteiger charge is 2.09. The smallest absolute Gasteiger partial charge is 0.0398 e. The van der Waals surface area contributed by atoms with Gasteiger partial charge in [0.15, 0.2) is 0 Å². The number of rotatable bonds is 4. The monoisotopic (exact) mass is 327 g/mol. The van der Waals surface area contributed by atoms with Gasteiger partial charge < -0.3 is 5.73 Å². The number of halogens is 1. The lowest BCUT2D eigenvalue weighted by Gasteiger charge is -2.10. The molecule has 1 aromatic carbocycles. The van der Waals surface area contributed by atoms with E-state index in [1.165, 1.54) is 15.3 Å². The molecule has 0 saturated heterocycles. The van der Waals surface area contributed by atoms with Gasteiger partial charge in [-0.3, -0.25) is 0 Å². The van der Waals surface area contributed by atoms with Crippen LogP contribution in [0.2, 0.25) is 0 Å². The molecular formula is C13H14BrNS2. The van der Waals surface area contributed by atoms with Crippen LogP contribution >= 0.6 is 39.0 Å². The maximum Gasteiger partial charge on any atom is 0.0398 e. The van der Waals surface area contributed by atoms with Gasteiger partial charge in [-0.1, -0.05) is 12.1 Å². The van der Waals surface area contributed by atoms with Crippen molar-refractivity contribution in [1.82, 2.24) is 0 Å². The second kappa shape index (κ2) is 6.05. The Bertz CT molecular complexity index is 496. The van der Waals surface area contributed by atoms with Crippen LogP contribution in [-0.4, -0.2) is 5.75 Å². The average molecular weight is 328 g/mol. The van der Waals surface area contributed by atoms with Crippen LogP contribution in [0.25, 0.3) is 0 Å². The predicted molar refractivity (Wildman–Crippen MR) is 80.9 cm³/mol. The Morgan fingerprint density at radius 3 is 2.82 bits per heavy atom. The minimum absolute atomic E-state index is 0.108. The number of hydrogen-bond acceptors (Lipinski definition) is 3. The molecule has 0 radical (unpaired) electrons. The third-order valence-electron chi connectivity index (χ3n) is 2.43. The summed E-state index contributed by atoms with van der Waals surface area (Å²) in [6.45, 7) is 2.11. The molecule has 2 N–H and O–H groups in total. The average Bonchev–Trinajstić information content (AvgIpc) is 2.74. The molecule has 0 saturated carbocycles. The highest BCUT2D eigenvalue weighted by molar-refractivity contribution is 9.10. The highest BCUT2D eigenvalue weighted by Crippen LogP contribution is 2.30. The van der Waals surface area contributed by atoms with Crippen molar-refractivity contribution >= 4 is 39.0 Å². The standard InChI is InChI=1S/C13H14BrNS2/c1-9-6-10(7-16-9)12(15)8-17-13-5-3-2-4-11(13)14/h2-7,12H,8,15H2,1H3. The Morgan fingerprint density at radius 2 is 2.18 bits per heavy atom. The second-order valence-electron chi connectivity index (χ2n) is 3.84. The molecule has 2 aromatic rings. The second-order valence-corrected chi connectivity index (χ2v) is 6.87. The Morgan fingerprint density at radius 1 is 1.41 bits per heavy atom. The van der Waals surface area contributed by atoms with Crippen molar-refractivity contribution in [3.8, 4) is 0 Å². The van der Waals surface area contributed by atoms with E-state index in [1.54, 1.807) is 23.1 Å².